The van der Waals surface area contributed by atoms with E-state index in [0.717, 1.165) is 12.7 Å². The monoisotopic (exact) mass is 2100 g/mol. The summed E-state index contributed by atoms with van der Waals surface area (Å²) in [6, 6.07) is 0. The molecule has 714 valence electrons. The molecule has 52 nitrogen and oxygen atoms in total. The molecular weight excluding hydrogens is 2030 g/mol. The molecule has 21 rings (SSSR count). The molecule has 133 heavy (non-hydrogen) atoms. The van der Waals surface area contributed by atoms with Gasteiger partial charge < -0.3 is 97.7 Å². The predicted molar refractivity (Wildman–Crippen MR) is 459 cm³/mol. The van der Waals surface area contributed by atoms with Crippen LogP contribution >= 0.6 is 52.6 Å². The molecule has 0 bridgehead atoms. The van der Waals surface area contributed by atoms with Crippen molar-refractivity contribution in [2.45, 2.75) is 168 Å². The molecule has 6 unspecified atom stereocenters. The van der Waals surface area contributed by atoms with Gasteiger partial charge in [-0.05, 0) is 79.8 Å². The number of imidazole rings is 6. The maximum absolute atomic E-state index is 16.0. The molecule has 70 heteroatoms. The van der Waals surface area contributed by atoms with E-state index in [0.29, 0.717) is 22.4 Å². The maximum Gasteiger partial charge on any atom is 0.386 e. The lowest BCUT2D eigenvalue weighted by Crippen LogP contribution is -2.37. The quantitative estimate of drug-likeness (QED) is 0.0640. The number of nitrogens with zero attached hydrogens (tertiary/aromatic N) is 23. The van der Waals surface area contributed by atoms with Crippen LogP contribution in [0.5, 0.6) is 0 Å². The van der Waals surface area contributed by atoms with E-state index in [2.05, 4.69) is 102 Å². The van der Waals surface area contributed by atoms with Crippen molar-refractivity contribution >= 4 is 196 Å². The number of nitrogens with two attached hydrogens (primary N) is 3. The number of aromatic nitrogens is 24. The predicted octanol–water partition coefficient (Wildman–Crippen LogP) is 3.95. The van der Waals surface area contributed by atoms with Crippen molar-refractivity contribution in [3.05, 3.63) is 97.2 Å². The van der Waals surface area contributed by atoms with Crippen LogP contribution < -0.4 is 22.8 Å². The number of rotatable bonds is 6. The molecule has 30 atom stereocenters. The molecule has 9 fully saturated rings. The van der Waals surface area contributed by atoms with Gasteiger partial charge in [-0.15, -0.1) is 0 Å². The minimum atomic E-state index is -4.36. The first-order valence-corrected chi connectivity index (χ1v) is 54.5. The third-order valence-corrected chi connectivity index (χ3v) is 31.4. The Bertz CT molecular complexity index is 6370. The molecule has 12 aromatic rings. The number of hydrogen-bond donors (Lipinski definition) is 10. The number of ether oxygens (including phenoxy) is 6. The van der Waals surface area contributed by atoms with E-state index in [9.17, 15) is 33.8 Å². The largest absolute Gasteiger partial charge is 0.386 e. The molecule has 9 saturated heterocycles. The Hall–Kier alpha value is -7.01. The Kier molecular flexibility index (Phi) is 26.2. The van der Waals surface area contributed by atoms with E-state index in [4.69, 9.17) is 159 Å². The zero-order valence-corrected chi connectivity index (χ0v) is 77.7. The van der Waals surface area contributed by atoms with Gasteiger partial charge in [0.15, 0.2) is 131 Å². The number of nitrogens with one attached hydrogen (secondary N) is 1. The molecular formula is C63H69F6N27O25P6S6. The van der Waals surface area contributed by atoms with Gasteiger partial charge in [-0.2, -0.15) is 0 Å². The summed E-state index contributed by atoms with van der Waals surface area (Å²) in [5.41, 5.74) is 20.5. The molecule has 9 aliphatic rings. The molecule has 0 amide bonds. The Labute approximate surface area is 769 Å². The van der Waals surface area contributed by atoms with Crippen molar-refractivity contribution in [1.82, 2.24) is 117 Å². The Balaban J connectivity index is 0.000000129. The van der Waals surface area contributed by atoms with Gasteiger partial charge in [0.1, 0.15) is 138 Å². The molecule has 0 aromatic carbocycles. The fourth-order valence-corrected chi connectivity index (χ4v) is 24.5. The summed E-state index contributed by atoms with van der Waals surface area (Å²) in [4.78, 5) is 139. The van der Waals surface area contributed by atoms with Crippen LogP contribution in [0.1, 0.15) is 54.6 Å². The Morgan fingerprint density at radius 1 is 0.346 bits per heavy atom. The standard InChI is InChI=1S/C21H23F2N9O9P2S2.2C21H23F2N9O8P2S2/c1-7-29-18-13(19(33)30-7)28-6-32(18)21-11(23)15-9(39-21)3-37-42(34,44)40-14-8(2-36-43(35,45)41-15)38-20(10(14)22)31-5-27-12-16(24)25-4-26-17(12)31;2*1-8-13-18(27-4-25-8)31(6-29-13)20-11(22)15-9(37-20)2-35-42(34,44)40-16-10(3-36-41(33,43)39-15)38-21(12(16)23)32-7-30-14-17(24)26-5-28-19(14)32/h4-6,8-11,14-15,20-21H,2-3H2,1H3,(H,34,44)(H,35,45)(H2,24,25,26)(H,29,30,33);2*4-7,9-12,15-16,20-21H,2-3H2,1H3,(H,33,43)(H,34,44)(H2,24,26,28)/t8-,9-,10-,11-,14-,15-,20-,21-,42?,43?;2*9-,10-,11-,12-,15-,16-,20-,21-,41?,42?/m111/s1. The van der Waals surface area contributed by atoms with Gasteiger partial charge in [-0.25, -0.2) is 116 Å². The van der Waals surface area contributed by atoms with Gasteiger partial charge in [0.2, 0.25) is 0 Å². The first-order valence-electron chi connectivity index (χ1n) is 38.9. The zero-order valence-electron chi connectivity index (χ0n) is 67.3. The van der Waals surface area contributed by atoms with Crippen molar-refractivity contribution in [2.24, 2.45) is 0 Å². The number of fused-ring (bicyclic) bond motifs is 12. The third kappa shape index (κ3) is 18.6. The highest BCUT2D eigenvalue weighted by atomic mass is 32.7. The average Bonchev–Trinajstić information content (AvgIpc) is 1.63. The molecule has 0 spiro atoms. The number of alkyl halides is 6. The second-order valence-corrected chi connectivity index (χ2v) is 47.2. The van der Waals surface area contributed by atoms with Gasteiger partial charge >= 0.3 is 40.4 Å². The number of H-pyrrole nitrogens is 1. The van der Waals surface area contributed by atoms with Crippen LogP contribution in [0.3, 0.4) is 0 Å². The second kappa shape index (κ2) is 36.6. The fourth-order valence-electron chi connectivity index (χ4n) is 15.9. The first-order chi connectivity index (χ1) is 63.2. The van der Waals surface area contributed by atoms with Crippen LogP contribution in [0, 0.1) is 20.8 Å². The minimum absolute atomic E-state index is 0.0192. The SMILES string of the molecule is Cc1nc2c(ncn2[C@@H]2O[C@@H]3COP(O)(=S)O[C@H]4[C@@H](F)[C@H](n5cnc6c(N)ncnc65)O[C@@H]4COP(O)(=S)O[C@H]3[C@H]2F)c(=O)[nH]1.Cc1ncnc2c1ncn2[C@@H]1O[C@@H]2COP(O)(=S)O[C@H]3[C@@H](F)[C@H](n4cnc5c(N)ncnc54)O[C@@H]3COP(=O)(S)O[C@H]2[C@H]1F.Cc1ncnc2c1ncn2[C@@H]1O[C@@H]2COP(O)(=S)O[C@H]3[C@@H](F)[C@H](n4cnc5c(N)ncnc54)O[C@@H]3COP(O)(=S)O[C@H]2[C@H]1F. The highest BCUT2D eigenvalue weighted by Crippen LogP contribution is 2.61. The van der Waals surface area contributed by atoms with Crippen LogP contribution in [0.4, 0.5) is 43.8 Å². The summed E-state index contributed by atoms with van der Waals surface area (Å²) in [7, 11) is 0. The molecule has 12 aromatic heterocycles. The smallest absolute Gasteiger partial charge is 0.382 e. The fraction of sp³-hybridized carbons (Fsp3) is 0.524. The van der Waals surface area contributed by atoms with Crippen LogP contribution in [-0.2, 0) is 146 Å². The lowest BCUT2D eigenvalue weighted by atomic mass is 10.1. The van der Waals surface area contributed by atoms with E-state index >= 15 is 26.3 Å². The molecule has 12 N–H and O–H groups in total. The number of nitrogen functional groups attached to an aromatic ring is 3. The Morgan fingerprint density at radius 3 is 0.850 bits per heavy atom. The molecule has 9 aliphatic heterocycles. The topological polar surface area (TPSA) is 644 Å². The lowest BCUT2D eigenvalue weighted by Gasteiger charge is -2.29. The summed E-state index contributed by atoms with van der Waals surface area (Å²) in [6.45, 7) is -24.2. The highest BCUT2D eigenvalue weighted by molar-refractivity contribution is 8.44. The van der Waals surface area contributed by atoms with Crippen molar-refractivity contribution in [2.75, 3.05) is 56.8 Å². The number of hydrogen-bond acceptors (Lipinski definition) is 45. The van der Waals surface area contributed by atoms with Gasteiger partial charge in [0.05, 0.1) is 89.0 Å². The van der Waals surface area contributed by atoms with Crippen LogP contribution in [0.15, 0.2) is 74.4 Å². The van der Waals surface area contributed by atoms with Crippen LogP contribution in [0.2, 0.25) is 0 Å². The molecule has 0 saturated carbocycles. The summed E-state index contributed by atoms with van der Waals surface area (Å²) >= 11 is 29.8. The van der Waals surface area contributed by atoms with E-state index in [1.807, 2.05) is 0 Å². The lowest BCUT2D eigenvalue weighted by molar-refractivity contribution is -0.0583. The number of aryl methyl sites for hydroxylation is 3. The molecule has 0 radical (unpaired) electrons. The number of anilines is 3. The number of aromatic amines is 1. The minimum Gasteiger partial charge on any atom is -0.382 e. The highest BCUT2D eigenvalue weighted by Gasteiger charge is 2.59. The first kappa shape index (κ1) is 94.9. The summed E-state index contributed by atoms with van der Waals surface area (Å²) in [5.74, 6) is 0.423. The zero-order chi connectivity index (χ0) is 93.8. The van der Waals surface area contributed by atoms with Crippen molar-refractivity contribution < 1.29 is 138 Å². The van der Waals surface area contributed by atoms with Gasteiger partial charge in [-0.3, -0.25) is 63.9 Å². The van der Waals surface area contributed by atoms with Crippen molar-refractivity contribution in [3.63, 3.8) is 0 Å². The normalized spacial score (nSPS) is 38.1. The van der Waals surface area contributed by atoms with Gasteiger partial charge in [0.25, 0.3) is 5.56 Å². The summed E-state index contributed by atoms with van der Waals surface area (Å²) < 4.78 is 218. The van der Waals surface area contributed by atoms with E-state index < -0.39 is 233 Å². The van der Waals surface area contributed by atoms with Crippen LogP contribution in [0.25, 0.3) is 67.0 Å². The van der Waals surface area contributed by atoms with E-state index in [1.165, 1.54) is 91.3 Å². The second-order valence-electron chi connectivity index (χ2n) is 30.4. The Morgan fingerprint density at radius 2 is 0.571 bits per heavy atom. The van der Waals surface area contributed by atoms with Gasteiger partial charge in [0, 0.05) is 0 Å². The molecule has 0 aliphatic carbocycles. The third-order valence-electron chi connectivity index (χ3n) is 22.0. The maximum atomic E-state index is 16.0. The summed E-state index contributed by atoms with van der Waals surface area (Å²) in [5, 5.41) is 0. The van der Waals surface area contributed by atoms with E-state index in [-0.39, 0.29) is 79.2 Å². The van der Waals surface area contributed by atoms with Crippen molar-refractivity contribution in [1.29, 1.82) is 0 Å². The summed E-state index contributed by atoms with van der Waals surface area (Å²) in [6.07, 6.45) is -24.2. The number of thiol groups is 1. The van der Waals surface area contributed by atoms with E-state index in [1.54, 1.807) is 13.8 Å². The van der Waals surface area contributed by atoms with Crippen molar-refractivity contribution in [3.8, 4) is 0 Å². The number of halogens is 6. The average molecular weight is 2100 g/mol. The molecule has 21 heterocycles. The van der Waals surface area contributed by atoms with Gasteiger partial charge in [-0.1, -0.05) is 12.2 Å². The van der Waals surface area contributed by atoms with Crippen LogP contribution in [-0.4, -0.2) is 292 Å².